The second-order valence-electron chi connectivity index (χ2n) is 7.62. The van der Waals surface area contributed by atoms with Crippen LogP contribution in [0.3, 0.4) is 0 Å². The van der Waals surface area contributed by atoms with Crippen molar-refractivity contribution in [2.75, 3.05) is 45.2 Å². The zero-order chi connectivity index (χ0) is 21.3. The van der Waals surface area contributed by atoms with Gasteiger partial charge in [-0.2, -0.15) is 0 Å². The highest BCUT2D eigenvalue weighted by atomic mass is 32.1. The fourth-order valence-corrected chi connectivity index (χ4v) is 4.93. The number of carbonyl (C=O) groups excluding carboxylic acids is 1. The lowest BCUT2D eigenvalue weighted by molar-refractivity contribution is 0.0954. The summed E-state index contributed by atoms with van der Waals surface area (Å²) in [6.45, 7) is 8.16. The number of aryl methyl sites for hydroxylation is 2. The van der Waals surface area contributed by atoms with Crippen LogP contribution >= 0.6 is 11.3 Å². The number of methoxy groups -OCH3 is 1. The number of thiophene rings is 1. The van der Waals surface area contributed by atoms with Gasteiger partial charge in [-0.15, -0.1) is 11.3 Å². The van der Waals surface area contributed by atoms with Gasteiger partial charge in [0, 0.05) is 38.3 Å². The van der Waals surface area contributed by atoms with E-state index in [0.717, 1.165) is 64.9 Å². The van der Waals surface area contributed by atoms with Crippen molar-refractivity contribution in [2.24, 2.45) is 0 Å². The molecule has 1 saturated heterocycles. The molecule has 30 heavy (non-hydrogen) atoms. The van der Waals surface area contributed by atoms with Gasteiger partial charge in [0.05, 0.1) is 17.4 Å². The molecule has 0 bridgehead atoms. The van der Waals surface area contributed by atoms with Crippen molar-refractivity contribution in [3.05, 3.63) is 46.1 Å². The molecule has 1 aliphatic heterocycles. The van der Waals surface area contributed by atoms with E-state index in [2.05, 4.69) is 27.1 Å². The second kappa shape index (κ2) is 8.57. The number of rotatable bonds is 5. The van der Waals surface area contributed by atoms with Crippen molar-refractivity contribution in [1.29, 1.82) is 0 Å². The van der Waals surface area contributed by atoms with E-state index in [1.165, 1.54) is 11.3 Å². The van der Waals surface area contributed by atoms with Crippen molar-refractivity contribution in [1.82, 2.24) is 20.2 Å². The molecular formula is C22H27N5O2S. The molecule has 0 atom stereocenters. The number of anilines is 1. The molecule has 0 aliphatic carbocycles. The molecule has 8 heteroatoms. The Labute approximate surface area is 180 Å². The topological polar surface area (TPSA) is 70.6 Å². The van der Waals surface area contributed by atoms with Crippen molar-refractivity contribution < 1.29 is 9.53 Å². The number of hydrogen-bond acceptors (Lipinski definition) is 7. The minimum atomic E-state index is -0.0941. The summed E-state index contributed by atoms with van der Waals surface area (Å²) < 4.78 is 5.38. The van der Waals surface area contributed by atoms with Gasteiger partial charge >= 0.3 is 0 Å². The Hall–Kier alpha value is -2.71. The van der Waals surface area contributed by atoms with Crippen LogP contribution in [-0.4, -0.2) is 61.1 Å². The third-order valence-electron chi connectivity index (χ3n) is 5.52. The molecule has 1 aliphatic rings. The first-order valence-corrected chi connectivity index (χ1v) is 10.9. The summed E-state index contributed by atoms with van der Waals surface area (Å²) in [5.41, 5.74) is 1.89. The summed E-state index contributed by atoms with van der Waals surface area (Å²) in [5, 5.41) is 4.03. The van der Waals surface area contributed by atoms with E-state index in [9.17, 15) is 4.79 Å². The van der Waals surface area contributed by atoms with Crippen LogP contribution in [0.2, 0.25) is 0 Å². The van der Waals surface area contributed by atoms with Crippen molar-refractivity contribution >= 4 is 33.3 Å². The van der Waals surface area contributed by atoms with Gasteiger partial charge in [0.1, 0.15) is 22.2 Å². The first-order chi connectivity index (χ1) is 14.5. The van der Waals surface area contributed by atoms with Crippen LogP contribution in [0, 0.1) is 13.8 Å². The number of amides is 1. The summed E-state index contributed by atoms with van der Waals surface area (Å²) in [6, 6.07) is 7.71. The maximum atomic E-state index is 13.0. The molecule has 0 unspecified atom stereocenters. The van der Waals surface area contributed by atoms with E-state index in [4.69, 9.17) is 9.72 Å². The van der Waals surface area contributed by atoms with E-state index in [-0.39, 0.29) is 5.91 Å². The van der Waals surface area contributed by atoms with Crippen molar-refractivity contribution in [3.8, 4) is 5.75 Å². The molecule has 1 aromatic carbocycles. The number of piperazine rings is 1. The first-order valence-electron chi connectivity index (χ1n) is 10.1. The lowest BCUT2D eigenvalue weighted by Crippen LogP contribution is -2.45. The van der Waals surface area contributed by atoms with Crippen LogP contribution in [0.1, 0.15) is 26.6 Å². The minimum absolute atomic E-state index is 0.0941. The highest BCUT2D eigenvalue weighted by Gasteiger charge is 2.24. The lowest BCUT2D eigenvalue weighted by atomic mass is 10.1. The molecule has 1 N–H and O–H groups in total. The number of fused-ring (bicyclic) bond motifs is 1. The van der Waals surface area contributed by atoms with Crippen LogP contribution in [0.15, 0.2) is 24.3 Å². The number of benzene rings is 1. The van der Waals surface area contributed by atoms with Gasteiger partial charge in [-0.3, -0.25) is 4.79 Å². The Kier molecular flexibility index (Phi) is 5.87. The minimum Gasteiger partial charge on any atom is -0.496 e. The molecule has 4 rings (SSSR count). The van der Waals surface area contributed by atoms with Crippen molar-refractivity contribution in [2.45, 2.75) is 20.4 Å². The smallest absolute Gasteiger partial charge is 0.261 e. The third-order valence-corrected chi connectivity index (χ3v) is 6.71. The Morgan fingerprint density at radius 2 is 1.90 bits per heavy atom. The highest BCUT2D eigenvalue weighted by Crippen LogP contribution is 2.36. The van der Waals surface area contributed by atoms with Crippen molar-refractivity contribution in [3.63, 3.8) is 0 Å². The maximum absolute atomic E-state index is 13.0. The molecule has 0 spiro atoms. The molecule has 158 valence electrons. The molecule has 1 fully saturated rings. The highest BCUT2D eigenvalue weighted by molar-refractivity contribution is 7.20. The summed E-state index contributed by atoms with van der Waals surface area (Å²) >= 11 is 1.44. The largest absolute Gasteiger partial charge is 0.496 e. The molecule has 3 aromatic rings. The summed E-state index contributed by atoms with van der Waals surface area (Å²) in [5.74, 6) is 2.36. The Balaban J connectivity index is 1.63. The van der Waals surface area contributed by atoms with Gasteiger partial charge < -0.3 is 19.9 Å². The van der Waals surface area contributed by atoms with Gasteiger partial charge in [-0.05, 0) is 32.5 Å². The predicted octanol–water partition coefficient (Wildman–Crippen LogP) is 3.00. The predicted molar refractivity (Wildman–Crippen MR) is 121 cm³/mol. The molecule has 0 saturated carbocycles. The van der Waals surface area contributed by atoms with Gasteiger partial charge in [-0.25, -0.2) is 9.97 Å². The van der Waals surface area contributed by atoms with Crippen LogP contribution in [-0.2, 0) is 6.54 Å². The average Bonchev–Trinajstić information content (AvgIpc) is 3.08. The Bertz CT molecular complexity index is 1070. The number of nitrogens with one attached hydrogen (secondary N) is 1. The SMILES string of the molecule is COc1ccccc1CNC(=O)c1sc2nc(C)nc(N3CCN(C)CC3)c2c1C. The van der Waals surface area contributed by atoms with Gasteiger partial charge in [0.15, 0.2) is 0 Å². The third kappa shape index (κ3) is 3.97. The zero-order valence-corrected chi connectivity index (χ0v) is 18.7. The van der Waals surface area contributed by atoms with E-state index < -0.39 is 0 Å². The normalized spacial score (nSPS) is 14.9. The number of carbonyl (C=O) groups is 1. The molecule has 7 nitrogen and oxygen atoms in total. The average molecular weight is 426 g/mol. The number of hydrogen-bond donors (Lipinski definition) is 1. The van der Waals surface area contributed by atoms with E-state index in [0.29, 0.717) is 11.4 Å². The second-order valence-corrected chi connectivity index (χ2v) is 8.61. The number of likely N-dealkylation sites (N-methyl/N-ethyl adjacent to an activating group) is 1. The number of nitrogens with zero attached hydrogens (tertiary/aromatic N) is 4. The van der Waals surface area contributed by atoms with E-state index in [1.807, 2.05) is 38.1 Å². The van der Waals surface area contributed by atoms with E-state index in [1.54, 1.807) is 7.11 Å². The zero-order valence-electron chi connectivity index (χ0n) is 17.9. The summed E-state index contributed by atoms with van der Waals surface area (Å²) in [6.07, 6.45) is 0. The van der Waals surface area contributed by atoms with Crippen LogP contribution in [0.5, 0.6) is 5.75 Å². The quantitative estimate of drug-likeness (QED) is 0.678. The Morgan fingerprint density at radius 3 is 2.63 bits per heavy atom. The first kappa shape index (κ1) is 20.6. The van der Waals surface area contributed by atoms with E-state index >= 15 is 0 Å². The molecule has 2 aromatic heterocycles. The maximum Gasteiger partial charge on any atom is 0.261 e. The number of aromatic nitrogens is 2. The molecule has 0 radical (unpaired) electrons. The molecule has 3 heterocycles. The summed E-state index contributed by atoms with van der Waals surface area (Å²) in [4.78, 5) is 28.6. The number of para-hydroxylation sites is 1. The standard InChI is InChI=1S/C22H27N5O2S/c1-14-18-20(27-11-9-26(3)10-12-27)24-15(2)25-22(18)30-19(14)21(28)23-13-16-7-5-6-8-17(16)29-4/h5-8H,9-13H2,1-4H3,(H,23,28). The van der Waals surface area contributed by atoms with Crippen LogP contribution < -0.4 is 15.0 Å². The fraction of sp³-hybridized carbons (Fsp3) is 0.409. The van der Waals surface area contributed by atoms with Gasteiger partial charge in [0.2, 0.25) is 0 Å². The lowest BCUT2D eigenvalue weighted by Gasteiger charge is -2.33. The summed E-state index contributed by atoms with van der Waals surface area (Å²) in [7, 11) is 3.77. The Morgan fingerprint density at radius 1 is 1.17 bits per heavy atom. The fourth-order valence-electron chi connectivity index (χ4n) is 3.79. The van der Waals surface area contributed by atoms with Crippen LogP contribution in [0.4, 0.5) is 5.82 Å². The number of ether oxygens (including phenoxy) is 1. The van der Waals surface area contributed by atoms with Crippen LogP contribution in [0.25, 0.3) is 10.2 Å². The van der Waals surface area contributed by atoms with Gasteiger partial charge in [0.25, 0.3) is 5.91 Å². The molecular weight excluding hydrogens is 398 g/mol. The monoisotopic (exact) mass is 425 g/mol. The molecule has 1 amide bonds. The van der Waals surface area contributed by atoms with Gasteiger partial charge in [-0.1, -0.05) is 18.2 Å².